The molecule has 1 heterocycles. The summed E-state index contributed by atoms with van der Waals surface area (Å²) in [5.41, 5.74) is 8.91. The van der Waals surface area contributed by atoms with Gasteiger partial charge in [0.05, 0.1) is 11.4 Å². The van der Waals surface area contributed by atoms with E-state index < -0.39 is 0 Å². The molecule has 0 radical (unpaired) electrons. The highest BCUT2D eigenvalue weighted by molar-refractivity contribution is 6.33. The number of aromatic nitrogens is 2. The molecular formula is C16H11Cl2N3. The summed E-state index contributed by atoms with van der Waals surface area (Å²) in [6.45, 7) is 0. The molecule has 2 aromatic carbocycles. The zero-order chi connectivity index (χ0) is 14.8. The molecule has 5 heteroatoms. The highest BCUT2D eigenvalue weighted by Crippen LogP contribution is 2.30. The summed E-state index contributed by atoms with van der Waals surface area (Å²) in [6, 6.07) is 16.8. The first-order chi connectivity index (χ1) is 10.1. The maximum absolute atomic E-state index is 6.21. The van der Waals surface area contributed by atoms with E-state index >= 15 is 0 Å². The van der Waals surface area contributed by atoms with Crippen molar-refractivity contribution in [2.24, 2.45) is 0 Å². The number of rotatable bonds is 2. The minimum absolute atomic E-state index is 0.197. The summed E-state index contributed by atoms with van der Waals surface area (Å²) in [4.78, 5) is 8.53. The van der Waals surface area contributed by atoms with Crippen LogP contribution in [0.5, 0.6) is 0 Å². The summed E-state index contributed by atoms with van der Waals surface area (Å²) in [5, 5.41) is 1.26. The van der Waals surface area contributed by atoms with E-state index in [0.717, 1.165) is 11.1 Å². The molecule has 0 fully saturated rings. The molecule has 1 aromatic heterocycles. The van der Waals surface area contributed by atoms with Gasteiger partial charge < -0.3 is 5.73 Å². The van der Waals surface area contributed by atoms with Gasteiger partial charge in [-0.05, 0) is 24.3 Å². The second-order valence-corrected chi connectivity index (χ2v) is 5.33. The van der Waals surface area contributed by atoms with Gasteiger partial charge in [-0.25, -0.2) is 9.97 Å². The van der Waals surface area contributed by atoms with E-state index in [1.54, 1.807) is 0 Å². The van der Waals surface area contributed by atoms with Gasteiger partial charge in [-0.2, -0.15) is 0 Å². The van der Waals surface area contributed by atoms with Crippen molar-refractivity contribution in [1.82, 2.24) is 9.97 Å². The standard InChI is InChI=1S/C16H11Cl2N3/c17-11-5-3-4-10(8-11)14-9-15(21-16(19)20-14)12-6-1-2-7-13(12)18/h1-9H,(H2,19,20,21). The fourth-order valence-corrected chi connectivity index (χ4v) is 2.49. The molecule has 0 amide bonds. The summed E-state index contributed by atoms with van der Waals surface area (Å²) in [5.74, 6) is 0.197. The Morgan fingerprint density at radius 2 is 1.57 bits per heavy atom. The summed E-state index contributed by atoms with van der Waals surface area (Å²) in [6.07, 6.45) is 0. The Hall–Kier alpha value is -2.10. The van der Waals surface area contributed by atoms with Gasteiger partial charge >= 0.3 is 0 Å². The average molecular weight is 316 g/mol. The Bertz CT molecular complexity index is 803. The second-order valence-electron chi connectivity index (χ2n) is 4.49. The van der Waals surface area contributed by atoms with Gasteiger partial charge in [0, 0.05) is 21.2 Å². The number of halogens is 2. The Morgan fingerprint density at radius 3 is 2.33 bits per heavy atom. The Balaban J connectivity index is 2.15. The zero-order valence-electron chi connectivity index (χ0n) is 10.9. The quantitative estimate of drug-likeness (QED) is 0.745. The first-order valence-electron chi connectivity index (χ1n) is 6.29. The summed E-state index contributed by atoms with van der Waals surface area (Å²) in [7, 11) is 0. The molecule has 0 aliphatic carbocycles. The summed E-state index contributed by atoms with van der Waals surface area (Å²) < 4.78 is 0. The van der Waals surface area contributed by atoms with E-state index in [-0.39, 0.29) is 5.95 Å². The van der Waals surface area contributed by atoms with Crippen LogP contribution in [0.25, 0.3) is 22.5 Å². The maximum Gasteiger partial charge on any atom is 0.221 e. The molecule has 3 rings (SSSR count). The third-order valence-electron chi connectivity index (χ3n) is 3.01. The molecule has 0 saturated heterocycles. The molecule has 3 aromatic rings. The molecule has 0 aliphatic rings. The number of anilines is 1. The predicted molar refractivity (Wildman–Crippen MR) is 87.3 cm³/mol. The minimum Gasteiger partial charge on any atom is -0.368 e. The van der Waals surface area contributed by atoms with E-state index in [4.69, 9.17) is 28.9 Å². The molecule has 21 heavy (non-hydrogen) atoms. The zero-order valence-corrected chi connectivity index (χ0v) is 12.4. The van der Waals surface area contributed by atoms with Crippen LogP contribution in [-0.4, -0.2) is 9.97 Å². The van der Waals surface area contributed by atoms with Crippen LogP contribution < -0.4 is 5.73 Å². The number of nitrogens with two attached hydrogens (primary N) is 1. The van der Waals surface area contributed by atoms with Gasteiger partial charge in [-0.3, -0.25) is 0 Å². The van der Waals surface area contributed by atoms with Crippen molar-refractivity contribution in [2.75, 3.05) is 5.73 Å². The van der Waals surface area contributed by atoms with Gasteiger partial charge in [0.25, 0.3) is 0 Å². The Morgan fingerprint density at radius 1 is 0.810 bits per heavy atom. The lowest BCUT2D eigenvalue weighted by Crippen LogP contribution is -1.98. The molecule has 0 unspecified atom stereocenters. The molecule has 104 valence electrons. The van der Waals surface area contributed by atoms with E-state index in [9.17, 15) is 0 Å². The molecule has 3 nitrogen and oxygen atoms in total. The van der Waals surface area contributed by atoms with Crippen molar-refractivity contribution in [3.63, 3.8) is 0 Å². The highest BCUT2D eigenvalue weighted by Gasteiger charge is 2.09. The minimum atomic E-state index is 0.197. The first kappa shape index (κ1) is 13.9. The lowest BCUT2D eigenvalue weighted by molar-refractivity contribution is 1.19. The van der Waals surface area contributed by atoms with Gasteiger partial charge in [-0.15, -0.1) is 0 Å². The second kappa shape index (κ2) is 5.72. The van der Waals surface area contributed by atoms with Crippen LogP contribution in [0.1, 0.15) is 0 Å². The van der Waals surface area contributed by atoms with Gasteiger partial charge in [0.1, 0.15) is 0 Å². The third kappa shape index (κ3) is 2.99. The average Bonchev–Trinajstić information content (AvgIpc) is 2.47. The van der Waals surface area contributed by atoms with Crippen LogP contribution in [0.3, 0.4) is 0 Å². The van der Waals surface area contributed by atoms with Crippen LogP contribution in [0, 0.1) is 0 Å². The van der Waals surface area contributed by atoms with Gasteiger partial charge in [0.2, 0.25) is 5.95 Å². The number of nitrogens with zero attached hydrogens (tertiary/aromatic N) is 2. The van der Waals surface area contributed by atoms with Crippen molar-refractivity contribution < 1.29 is 0 Å². The van der Waals surface area contributed by atoms with Gasteiger partial charge in [0.15, 0.2) is 0 Å². The lowest BCUT2D eigenvalue weighted by Gasteiger charge is -2.08. The third-order valence-corrected chi connectivity index (χ3v) is 3.58. The normalized spacial score (nSPS) is 10.6. The predicted octanol–water partition coefficient (Wildman–Crippen LogP) is 4.70. The van der Waals surface area contributed by atoms with Gasteiger partial charge in [-0.1, -0.05) is 53.5 Å². The Labute approximate surface area is 132 Å². The van der Waals surface area contributed by atoms with Crippen molar-refractivity contribution in [3.8, 4) is 22.5 Å². The van der Waals surface area contributed by atoms with E-state index in [0.29, 0.717) is 21.4 Å². The summed E-state index contributed by atoms with van der Waals surface area (Å²) >= 11 is 12.2. The van der Waals surface area contributed by atoms with E-state index in [1.807, 2.05) is 54.6 Å². The van der Waals surface area contributed by atoms with Crippen molar-refractivity contribution in [1.29, 1.82) is 0 Å². The van der Waals surface area contributed by atoms with Crippen LogP contribution >= 0.6 is 23.2 Å². The monoisotopic (exact) mass is 315 g/mol. The molecule has 2 N–H and O–H groups in total. The molecule has 0 saturated carbocycles. The Kier molecular flexibility index (Phi) is 3.78. The fourth-order valence-electron chi connectivity index (χ4n) is 2.07. The van der Waals surface area contributed by atoms with Crippen molar-refractivity contribution >= 4 is 29.2 Å². The number of hydrogen-bond acceptors (Lipinski definition) is 3. The molecular weight excluding hydrogens is 305 g/mol. The van der Waals surface area contributed by atoms with Crippen LogP contribution in [0.2, 0.25) is 10.0 Å². The molecule has 0 atom stereocenters. The van der Waals surface area contributed by atoms with Crippen LogP contribution in [0.4, 0.5) is 5.95 Å². The van der Waals surface area contributed by atoms with E-state index in [2.05, 4.69) is 9.97 Å². The smallest absolute Gasteiger partial charge is 0.221 e. The van der Waals surface area contributed by atoms with Crippen molar-refractivity contribution in [2.45, 2.75) is 0 Å². The van der Waals surface area contributed by atoms with Crippen LogP contribution in [-0.2, 0) is 0 Å². The topological polar surface area (TPSA) is 51.8 Å². The molecule has 0 spiro atoms. The fraction of sp³-hybridized carbons (Fsp3) is 0. The molecule has 0 aliphatic heterocycles. The number of hydrogen-bond donors (Lipinski definition) is 1. The van der Waals surface area contributed by atoms with E-state index in [1.165, 1.54) is 0 Å². The lowest BCUT2D eigenvalue weighted by atomic mass is 10.1. The van der Waals surface area contributed by atoms with Crippen molar-refractivity contribution in [3.05, 3.63) is 64.6 Å². The maximum atomic E-state index is 6.21. The first-order valence-corrected chi connectivity index (χ1v) is 7.04. The highest BCUT2D eigenvalue weighted by atomic mass is 35.5. The molecule has 0 bridgehead atoms. The number of benzene rings is 2. The number of nitrogen functional groups attached to an aromatic ring is 1. The largest absolute Gasteiger partial charge is 0.368 e. The SMILES string of the molecule is Nc1nc(-c2cccc(Cl)c2)cc(-c2ccccc2Cl)n1. The van der Waals surface area contributed by atoms with Crippen LogP contribution in [0.15, 0.2) is 54.6 Å².